The summed E-state index contributed by atoms with van der Waals surface area (Å²) in [5.41, 5.74) is 0.00365. The molecule has 0 N–H and O–H groups in total. The Morgan fingerprint density at radius 2 is 1.95 bits per heavy atom. The van der Waals surface area contributed by atoms with Gasteiger partial charge in [-0.25, -0.2) is 4.98 Å². The van der Waals surface area contributed by atoms with E-state index >= 15 is 0 Å². The van der Waals surface area contributed by atoms with Gasteiger partial charge in [-0.05, 0) is 24.9 Å². The minimum atomic E-state index is -0.544. The number of ether oxygens (including phenoxy) is 1. The highest BCUT2D eigenvalue weighted by atomic mass is 35.5. The molecule has 0 aliphatic carbocycles. The first-order valence-electron chi connectivity index (χ1n) is 6.37. The topological polar surface area (TPSA) is 78.2 Å². The summed E-state index contributed by atoms with van der Waals surface area (Å²) in [6.07, 6.45) is 5.40. The molecule has 0 aliphatic heterocycles. The number of hydrogen-bond donors (Lipinski definition) is 0. The SMILES string of the molecule is CCCCCCCOc1nc(Cl)nc(C)c1[N+](=O)[O-]. The molecular formula is C12H18ClN3O3. The molecule has 0 aliphatic rings. The fourth-order valence-corrected chi connectivity index (χ4v) is 1.90. The molecule has 6 nitrogen and oxygen atoms in total. The number of hydrogen-bond acceptors (Lipinski definition) is 5. The molecule has 0 bridgehead atoms. The quantitative estimate of drug-likeness (QED) is 0.315. The van der Waals surface area contributed by atoms with Gasteiger partial charge in [-0.15, -0.1) is 0 Å². The summed E-state index contributed by atoms with van der Waals surface area (Å²) in [6, 6.07) is 0. The largest absolute Gasteiger partial charge is 0.473 e. The summed E-state index contributed by atoms with van der Waals surface area (Å²) in [4.78, 5) is 17.9. The Hall–Kier alpha value is -1.43. The predicted octanol–water partition coefficient (Wildman–Crippen LogP) is 3.70. The second-order valence-electron chi connectivity index (χ2n) is 4.25. The van der Waals surface area contributed by atoms with E-state index in [1.54, 1.807) is 0 Å². The van der Waals surface area contributed by atoms with Crippen LogP contribution >= 0.6 is 11.6 Å². The number of unbranched alkanes of at least 4 members (excludes halogenated alkanes) is 4. The highest BCUT2D eigenvalue weighted by molar-refractivity contribution is 6.28. The lowest BCUT2D eigenvalue weighted by atomic mass is 10.2. The predicted molar refractivity (Wildman–Crippen MR) is 72.7 cm³/mol. The summed E-state index contributed by atoms with van der Waals surface area (Å²) in [5.74, 6) is -0.0435. The standard InChI is InChI=1S/C12H18ClN3O3/c1-3-4-5-6-7-8-19-11-10(16(17)18)9(2)14-12(13)15-11/h3-8H2,1-2H3. The maximum Gasteiger partial charge on any atom is 0.352 e. The minimum absolute atomic E-state index is 0.0379. The summed E-state index contributed by atoms with van der Waals surface area (Å²) in [6.45, 7) is 4.06. The average Bonchev–Trinajstić information content (AvgIpc) is 2.32. The average molecular weight is 288 g/mol. The van der Waals surface area contributed by atoms with Crippen molar-refractivity contribution in [3.8, 4) is 5.88 Å². The fourth-order valence-electron chi connectivity index (χ4n) is 1.69. The summed E-state index contributed by atoms with van der Waals surface area (Å²) < 4.78 is 5.36. The Morgan fingerprint density at radius 1 is 1.26 bits per heavy atom. The van der Waals surface area contributed by atoms with E-state index in [4.69, 9.17) is 16.3 Å². The fraction of sp³-hybridized carbons (Fsp3) is 0.667. The van der Waals surface area contributed by atoms with Crippen LogP contribution in [0.1, 0.15) is 44.7 Å². The van der Waals surface area contributed by atoms with Gasteiger partial charge in [-0.1, -0.05) is 32.6 Å². The van der Waals surface area contributed by atoms with Crippen LogP contribution in [0.5, 0.6) is 5.88 Å². The lowest BCUT2D eigenvalue weighted by Crippen LogP contribution is -2.05. The first kappa shape index (κ1) is 15.6. The summed E-state index contributed by atoms with van der Waals surface area (Å²) in [5, 5.41) is 10.9. The number of aryl methyl sites for hydroxylation is 1. The third-order valence-electron chi connectivity index (χ3n) is 2.67. The van der Waals surface area contributed by atoms with Crippen LogP contribution in [0, 0.1) is 17.0 Å². The highest BCUT2D eigenvalue weighted by Gasteiger charge is 2.23. The molecule has 0 saturated heterocycles. The molecule has 7 heteroatoms. The van der Waals surface area contributed by atoms with Crippen LogP contribution in [0.4, 0.5) is 5.69 Å². The normalized spacial score (nSPS) is 10.5. The Labute approximate surface area is 117 Å². The highest BCUT2D eigenvalue weighted by Crippen LogP contribution is 2.28. The smallest absolute Gasteiger partial charge is 0.352 e. The molecule has 19 heavy (non-hydrogen) atoms. The Bertz CT molecular complexity index is 440. The van der Waals surface area contributed by atoms with Gasteiger partial charge in [0.15, 0.2) is 0 Å². The number of rotatable bonds is 8. The lowest BCUT2D eigenvalue weighted by Gasteiger charge is -2.07. The van der Waals surface area contributed by atoms with E-state index in [9.17, 15) is 10.1 Å². The monoisotopic (exact) mass is 287 g/mol. The van der Waals surface area contributed by atoms with E-state index in [2.05, 4.69) is 16.9 Å². The summed E-state index contributed by atoms with van der Waals surface area (Å²) in [7, 11) is 0. The Balaban J connectivity index is 2.59. The molecule has 0 aromatic carbocycles. The third-order valence-corrected chi connectivity index (χ3v) is 2.84. The second-order valence-corrected chi connectivity index (χ2v) is 4.59. The van der Waals surface area contributed by atoms with Gasteiger partial charge in [0.1, 0.15) is 5.69 Å². The van der Waals surface area contributed by atoms with Crippen molar-refractivity contribution in [2.75, 3.05) is 6.61 Å². The lowest BCUT2D eigenvalue weighted by molar-refractivity contribution is -0.387. The molecule has 0 unspecified atom stereocenters. The van der Waals surface area contributed by atoms with Crippen molar-refractivity contribution >= 4 is 17.3 Å². The first-order chi connectivity index (χ1) is 9.06. The van der Waals surface area contributed by atoms with Gasteiger partial charge < -0.3 is 4.74 Å². The second kappa shape index (κ2) is 7.89. The molecule has 0 fully saturated rings. The van der Waals surface area contributed by atoms with Crippen molar-refractivity contribution < 1.29 is 9.66 Å². The van der Waals surface area contributed by atoms with E-state index in [1.165, 1.54) is 19.8 Å². The molecule has 0 amide bonds. The molecule has 106 valence electrons. The number of aromatic nitrogens is 2. The van der Waals surface area contributed by atoms with Crippen molar-refractivity contribution in [3.63, 3.8) is 0 Å². The zero-order valence-corrected chi connectivity index (χ0v) is 11.9. The van der Waals surface area contributed by atoms with Gasteiger partial charge in [-0.3, -0.25) is 10.1 Å². The Morgan fingerprint density at radius 3 is 2.58 bits per heavy atom. The first-order valence-corrected chi connectivity index (χ1v) is 6.75. The maximum atomic E-state index is 10.9. The number of halogens is 1. The molecule has 0 saturated carbocycles. The van der Waals surface area contributed by atoms with Crippen molar-refractivity contribution in [2.45, 2.75) is 46.0 Å². The molecule has 0 atom stereocenters. The van der Waals surface area contributed by atoms with E-state index in [0.29, 0.717) is 6.61 Å². The van der Waals surface area contributed by atoms with Gasteiger partial charge in [0.05, 0.1) is 11.5 Å². The summed E-state index contributed by atoms with van der Waals surface area (Å²) >= 11 is 5.68. The van der Waals surface area contributed by atoms with E-state index in [-0.39, 0.29) is 22.5 Å². The van der Waals surface area contributed by atoms with Gasteiger partial charge in [0.2, 0.25) is 5.28 Å². The van der Waals surface area contributed by atoms with Crippen LogP contribution in [-0.2, 0) is 0 Å². The van der Waals surface area contributed by atoms with Crippen molar-refractivity contribution in [3.05, 3.63) is 21.1 Å². The number of nitro groups is 1. The van der Waals surface area contributed by atoms with Gasteiger partial charge in [-0.2, -0.15) is 4.98 Å². The van der Waals surface area contributed by atoms with E-state index < -0.39 is 4.92 Å². The third kappa shape index (κ3) is 4.98. The molecule has 0 radical (unpaired) electrons. The van der Waals surface area contributed by atoms with Crippen molar-refractivity contribution in [1.82, 2.24) is 9.97 Å². The van der Waals surface area contributed by atoms with Crippen LogP contribution in [0.15, 0.2) is 0 Å². The van der Waals surface area contributed by atoms with Crippen LogP contribution in [0.2, 0.25) is 5.28 Å². The van der Waals surface area contributed by atoms with Gasteiger partial charge in [0, 0.05) is 0 Å². The molecule has 1 heterocycles. The molecule has 1 rings (SSSR count). The van der Waals surface area contributed by atoms with Crippen LogP contribution < -0.4 is 4.74 Å². The van der Waals surface area contributed by atoms with Crippen molar-refractivity contribution in [1.29, 1.82) is 0 Å². The molecule has 1 aromatic heterocycles. The zero-order chi connectivity index (χ0) is 14.3. The van der Waals surface area contributed by atoms with Crippen molar-refractivity contribution in [2.24, 2.45) is 0 Å². The Kier molecular flexibility index (Phi) is 6.49. The van der Waals surface area contributed by atoms with Crippen LogP contribution in [-0.4, -0.2) is 21.5 Å². The maximum absolute atomic E-state index is 10.9. The number of nitrogens with zero attached hydrogens (tertiary/aromatic N) is 3. The van der Waals surface area contributed by atoms with E-state index in [0.717, 1.165) is 19.3 Å². The van der Waals surface area contributed by atoms with Gasteiger partial charge >= 0.3 is 5.69 Å². The van der Waals surface area contributed by atoms with E-state index in [1.807, 2.05) is 0 Å². The van der Waals surface area contributed by atoms with Crippen LogP contribution in [0.25, 0.3) is 0 Å². The van der Waals surface area contributed by atoms with Gasteiger partial charge in [0.25, 0.3) is 5.88 Å². The molecule has 1 aromatic rings. The van der Waals surface area contributed by atoms with Crippen LogP contribution in [0.3, 0.4) is 0 Å². The zero-order valence-electron chi connectivity index (χ0n) is 11.2. The molecule has 0 spiro atoms. The minimum Gasteiger partial charge on any atom is -0.473 e. The molecular weight excluding hydrogens is 270 g/mol.